The Morgan fingerprint density at radius 3 is 2.86 bits per heavy atom. The molecule has 114 valence electrons. The Kier molecular flexibility index (Phi) is 3.12. The first kappa shape index (κ1) is 13.9. The van der Waals surface area contributed by atoms with E-state index in [1.807, 2.05) is 13.0 Å². The fraction of sp³-hybridized carbons (Fsp3) is 0.389. The molecular weight excluding hydrogens is 294 g/mol. The van der Waals surface area contributed by atoms with Gasteiger partial charge in [-0.05, 0) is 31.5 Å². The fourth-order valence-electron chi connectivity index (χ4n) is 3.78. The van der Waals surface area contributed by atoms with E-state index in [-0.39, 0.29) is 11.5 Å². The maximum atomic E-state index is 12.4. The Balaban J connectivity index is 1.89. The van der Waals surface area contributed by atoms with E-state index in [9.17, 15) is 4.79 Å². The number of likely N-dealkylation sites (N-methyl/N-ethyl adjacent to an activating group) is 1. The van der Waals surface area contributed by atoms with Gasteiger partial charge in [0, 0.05) is 41.8 Å². The Labute approximate surface area is 134 Å². The van der Waals surface area contributed by atoms with Crippen molar-refractivity contribution in [2.75, 3.05) is 24.2 Å². The van der Waals surface area contributed by atoms with Gasteiger partial charge in [0.25, 0.3) is 0 Å². The van der Waals surface area contributed by atoms with E-state index in [0.29, 0.717) is 11.7 Å². The number of benzene rings is 1. The summed E-state index contributed by atoms with van der Waals surface area (Å²) in [5.41, 5.74) is 4.68. The molecule has 0 amide bonds. The third kappa shape index (κ3) is 2.01. The molecule has 0 spiro atoms. The van der Waals surface area contributed by atoms with Gasteiger partial charge >= 0.3 is 5.63 Å². The van der Waals surface area contributed by atoms with Crippen molar-refractivity contribution in [1.82, 2.24) is 0 Å². The molecule has 2 aliphatic heterocycles. The van der Waals surface area contributed by atoms with Crippen LogP contribution in [0.5, 0.6) is 0 Å². The maximum Gasteiger partial charge on any atom is 0.340 e. The molecule has 1 aromatic carbocycles. The first-order valence-electron chi connectivity index (χ1n) is 7.63. The second-order valence-corrected chi connectivity index (χ2v) is 7.45. The van der Waals surface area contributed by atoms with Gasteiger partial charge in [-0.2, -0.15) is 0 Å². The molecule has 4 heteroatoms. The highest BCUT2D eigenvalue weighted by molar-refractivity contribution is 7.99. The molecule has 2 atom stereocenters. The molecule has 0 saturated heterocycles. The second kappa shape index (κ2) is 4.92. The van der Waals surface area contributed by atoms with Gasteiger partial charge in [-0.15, -0.1) is 11.8 Å². The molecule has 1 aromatic heterocycles. The van der Waals surface area contributed by atoms with Crippen LogP contribution in [-0.4, -0.2) is 19.3 Å². The normalized spacial score (nSPS) is 22.8. The minimum Gasteiger partial charge on any atom is -0.428 e. The van der Waals surface area contributed by atoms with Gasteiger partial charge in [-0.3, -0.25) is 0 Å². The lowest BCUT2D eigenvalue weighted by Gasteiger charge is -2.42. The molecule has 3 heterocycles. The molecule has 0 radical (unpaired) electrons. The van der Waals surface area contributed by atoms with Gasteiger partial charge in [-0.25, -0.2) is 4.79 Å². The van der Waals surface area contributed by atoms with Crippen LogP contribution in [0.4, 0.5) is 5.69 Å². The molecule has 4 rings (SSSR count). The van der Waals surface area contributed by atoms with E-state index in [4.69, 9.17) is 4.42 Å². The first-order valence-corrected chi connectivity index (χ1v) is 8.62. The summed E-state index contributed by atoms with van der Waals surface area (Å²) in [5.74, 6) is 2.36. The number of thioether (sulfide) groups is 1. The van der Waals surface area contributed by atoms with Crippen molar-refractivity contribution in [2.24, 2.45) is 0 Å². The Hall–Kier alpha value is -1.68. The average molecular weight is 313 g/mol. The zero-order chi connectivity index (χ0) is 15.4. The van der Waals surface area contributed by atoms with Crippen LogP contribution in [0.25, 0.3) is 0 Å². The highest BCUT2D eigenvalue weighted by atomic mass is 32.2. The number of hydrogen-bond donors (Lipinski definition) is 0. The number of fused-ring (bicyclic) bond motifs is 5. The minimum atomic E-state index is -0.151. The highest BCUT2D eigenvalue weighted by Crippen LogP contribution is 2.50. The van der Waals surface area contributed by atoms with Gasteiger partial charge in [0.2, 0.25) is 0 Å². The van der Waals surface area contributed by atoms with Crippen molar-refractivity contribution in [2.45, 2.75) is 30.6 Å². The third-order valence-corrected chi connectivity index (χ3v) is 5.99. The summed E-state index contributed by atoms with van der Waals surface area (Å²) in [5, 5.41) is 0. The van der Waals surface area contributed by atoms with Gasteiger partial charge in [0.15, 0.2) is 0 Å². The molecule has 0 aliphatic carbocycles. The zero-order valence-electron chi connectivity index (χ0n) is 13.1. The number of nitrogens with zero attached hydrogens (tertiary/aromatic N) is 1. The maximum absolute atomic E-state index is 12.4. The summed E-state index contributed by atoms with van der Waals surface area (Å²) in [6.07, 6.45) is 0. The fourth-order valence-corrected chi connectivity index (χ4v) is 5.19. The summed E-state index contributed by atoms with van der Waals surface area (Å²) < 4.78 is 5.38. The van der Waals surface area contributed by atoms with E-state index < -0.39 is 0 Å². The predicted octanol–water partition coefficient (Wildman–Crippen LogP) is 3.68. The Morgan fingerprint density at radius 2 is 2.05 bits per heavy atom. The predicted molar refractivity (Wildman–Crippen MR) is 90.4 cm³/mol. The average Bonchev–Trinajstić information content (AvgIpc) is 2.46. The summed E-state index contributed by atoms with van der Waals surface area (Å²) in [6.45, 7) is 4.85. The van der Waals surface area contributed by atoms with Crippen LogP contribution in [0.3, 0.4) is 0 Å². The van der Waals surface area contributed by atoms with E-state index >= 15 is 0 Å². The second-order valence-electron chi connectivity index (χ2n) is 6.39. The lowest BCUT2D eigenvalue weighted by atomic mass is 9.78. The molecule has 3 nitrogen and oxygen atoms in total. The van der Waals surface area contributed by atoms with Crippen LogP contribution in [0.2, 0.25) is 0 Å². The highest BCUT2D eigenvalue weighted by Gasteiger charge is 2.39. The molecular formula is C18H19NO2S. The van der Waals surface area contributed by atoms with Crippen LogP contribution >= 0.6 is 11.8 Å². The zero-order valence-corrected chi connectivity index (χ0v) is 13.9. The standard InChI is InChI=1S/C18H19NO2S/c1-10-4-5-15-12(6-10)14-9-22-16-7-11(2)21-18(20)17(16)13(14)8-19(15)3/h4-7,13-14H,8-9H2,1-3H3/t13-,14+/m0/s1. The van der Waals surface area contributed by atoms with Gasteiger partial charge in [0.05, 0.1) is 5.56 Å². The monoisotopic (exact) mass is 313 g/mol. The van der Waals surface area contributed by atoms with Gasteiger partial charge in [0.1, 0.15) is 5.76 Å². The quantitative estimate of drug-likeness (QED) is 0.743. The van der Waals surface area contributed by atoms with Crippen molar-refractivity contribution in [1.29, 1.82) is 0 Å². The van der Waals surface area contributed by atoms with Crippen molar-refractivity contribution in [3.63, 3.8) is 0 Å². The summed E-state index contributed by atoms with van der Waals surface area (Å²) in [7, 11) is 2.11. The molecule has 0 saturated carbocycles. The molecule has 2 aliphatic rings. The van der Waals surface area contributed by atoms with Gasteiger partial charge < -0.3 is 9.32 Å². The molecule has 0 N–H and O–H groups in total. The van der Waals surface area contributed by atoms with E-state index in [1.165, 1.54) is 16.8 Å². The number of aryl methyl sites for hydroxylation is 2. The van der Waals surface area contributed by atoms with E-state index in [2.05, 4.69) is 37.1 Å². The molecule has 0 bridgehead atoms. The van der Waals surface area contributed by atoms with E-state index in [1.54, 1.807) is 11.8 Å². The van der Waals surface area contributed by atoms with Crippen LogP contribution in [0.1, 0.15) is 34.3 Å². The lowest BCUT2D eigenvalue weighted by Crippen LogP contribution is -2.38. The topological polar surface area (TPSA) is 33.5 Å². The lowest BCUT2D eigenvalue weighted by molar-refractivity contribution is 0.438. The summed E-state index contributed by atoms with van der Waals surface area (Å²) in [4.78, 5) is 15.8. The largest absolute Gasteiger partial charge is 0.428 e. The molecule has 0 unspecified atom stereocenters. The third-order valence-electron chi connectivity index (χ3n) is 4.81. The number of hydrogen-bond acceptors (Lipinski definition) is 4. The van der Waals surface area contributed by atoms with Crippen LogP contribution in [0.15, 0.2) is 38.4 Å². The SMILES string of the molecule is Cc1ccc2c(c1)[C@H]1CSc3cc(C)oc(=O)c3[C@H]1CN2C. The minimum absolute atomic E-state index is 0.151. The van der Waals surface area contributed by atoms with Crippen molar-refractivity contribution < 1.29 is 4.42 Å². The van der Waals surface area contributed by atoms with E-state index in [0.717, 1.165) is 22.8 Å². The first-order chi connectivity index (χ1) is 10.5. The van der Waals surface area contributed by atoms with Crippen LogP contribution in [0, 0.1) is 13.8 Å². The Bertz CT molecular complexity index is 811. The van der Waals surface area contributed by atoms with Crippen molar-refractivity contribution in [3.05, 3.63) is 57.1 Å². The van der Waals surface area contributed by atoms with Crippen LogP contribution in [-0.2, 0) is 0 Å². The summed E-state index contributed by atoms with van der Waals surface area (Å²) >= 11 is 1.79. The van der Waals surface area contributed by atoms with Gasteiger partial charge in [-0.1, -0.05) is 17.7 Å². The van der Waals surface area contributed by atoms with Crippen LogP contribution < -0.4 is 10.5 Å². The van der Waals surface area contributed by atoms with Crippen molar-refractivity contribution in [3.8, 4) is 0 Å². The molecule has 22 heavy (non-hydrogen) atoms. The molecule has 0 fully saturated rings. The smallest absolute Gasteiger partial charge is 0.340 e. The Morgan fingerprint density at radius 1 is 1.23 bits per heavy atom. The molecule has 2 aromatic rings. The van der Waals surface area contributed by atoms with Crippen molar-refractivity contribution >= 4 is 17.4 Å². The number of anilines is 1. The number of rotatable bonds is 0. The summed E-state index contributed by atoms with van der Waals surface area (Å²) in [6, 6.07) is 8.67.